The van der Waals surface area contributed by atoms with Crippen molar-refractivity contribution in [3.8, 4) is 11.4 Å². The van der Waals surface area contributed by atoms with Crippen molar-refractivity contribution in [1.82, 2.24) is 14.3 Å². The third-order valence-electron chi connectivity index (χ3n) is 4.55. The van der Waals surface area contributed by atoms with Crippen molar-refractivity contribution in [2.24, 2.45) is 0 Å². The Morgan fingerprint density at radius 1 is 1.14 bits per heavy atom. The van der Waals surface area contributed by atoms with Gasteiger partial charge in [-0.3, -0.25) is 0 Å². The maximum atomic E-state index is 12.5. The molecular weight excluding hydrogens is 386 g/mol. The zero-order chi connectivity index (χ0) is 21.0. The van der Waals surface area contributed by atoms with Crippen LogP contribution in [0.4, 0.5) is 0 Å². The Morgan fingerprint density at radius 3 is 2.48 bits per heavy atom. The Morgan fingerprint density at radius 2 is 1.86 bits per heavy atom. The predicted octanol–water partition coefficient (Wildman–Crippen LogP) is 4.15. The average Bonchev–Trinajstić information content (AvgIpc) is 3.12. The summed E-state index contributed by atoms with van der Waals surface area (Å²) in [6, 6.07) is 12.9. The summed E-state index contributed by atoms with van der Waals surface area (Å²) < 4.78 is 34.9. The SMILES string of the molecule is COc1cc(/C=C/S(=O)(=O)N[C@H](C)c2ccc(C)cc2)ccc1-n1cnc(C)c1. The van der Waals surface area contributed by atoms with E-state index < -0.39 is 10.0 Å². The molecule has 2 aromatic carbocycles. The van der Waals surface area contributed by atoms with Gasteiger partial charge in [-0.2, -0.15) is 0 Å². The number of rotatable bonds is 7. The molecule has 0 unspecified atom stereocenters. The molecule has 0 bridgehead atoms. The first-order valence-electron chi connectivity index (χ1n) is 9.23. The minimum absolute atomic E-state index is 0.327. The lowest BCUT2D eigenvalue weighted by Crippen LogP contribution is -2.24. The van der Waals surface area contributed by atoms with Crippen LogP contribution in [0.5, 0.6) is 5.75 Å². The van der Waals surface area contributed by atoms with E-state index >= 15 is 0 Å². The van der Waals surface area contributed by atoms with Crippen LogP contribution in [0.3, 0.4) is 0 Å². The molecule has 1 aromatic heterocycles. The van der Waals surface area contributed by atoms with Gasteiger partial charge in [0.15, 0.2) is 0 Å². The molecule has 0 fully saturated rings. The Kier molecular flexibility index (Phi) is 6.20. The molecule has 3 aromatic rings. The first kappa shape index (κ1) is 20.8. The molecule has 0 spiro atoms. The fourth-order valence-corrected chi connectivity index (χ4v) is 3.98. The lowest BCUT2D eigenvalue weighted by molar-refractivity contribution is 0.413. The molecule has 0 amide bonds. The molecule has 3 rings (SSSR count). The van der Waals surface area contributed by atoms with Crippen molar-refractivity contribution in [3.63, 3.8) is 0 Å². The van der Waals surface area contributed by atoms with E-state index in [4.69, 9.17) is 4.74 Å². The number of hydrogen-bond donors (Lipinski definition) is 1. The Hall–Kier alpha value is -2.90. The third kappa shape index (κ3) is 5.34. The van der Waals surface area contributed by atoms with E-state index in [-0.39, 0.29) is 6.04 Å². The minimum atomic E-state index is -3.60. The molecule has 6 nitrogen and oxygen atoms in total. The van der Waals surface area contributed by atoms with Crippen LogP contribution in [-0.2, 0) is 10.0 Å². The van der Waals surface area contributed by atoms with Crippen LogP contribution < -0.4 is 9.46 Å². The number of imidazole rings is 1. The summed E-state index contributed by atoms with van der Waals surface area (Å²) in [6.07, 6.45) is 5.16. The molecular formula is C22H25N3O3S. The number of benzene rings is 2. The molecule has 0 aliphatic heterocycles. The molecule has 29 heavy (non-hydrogen) atoms. The van der Waals surface area contributed by atoms with E-state index in [2.05, 4.69) is 9.71 Å². The lowest BCUT2D eigenvalue weighted by Gasteiger charge is -2.13. The molecule has 0 saturated carbocycles. The van der Waals surface area contributed by atoms with Gasteiger partial charge in [0, 0.05) is 17.6 Å². The zero-order valence-electron chi connectivity index (χ0n) is 17.0. The normalized spacial score (nSPS) is 13.0. The number of sulfonamides is 1. The van der Waals surface area contributed by atoms with Gasteiger partial charge in [-0.1, -0.05) is 35.9 Å². The van der Waals surface area contributed by atoms with E-state index in [1.54, 1.807) is 25.6 Å². The fourth-order valence-electron chi connectivity index (χ4n) is 2.94. The van der Waals surface area contributed by atoms with Gasteiger partial charge in [0.2, 0.25) is 10.0 Å². The first-order valence-corrected chi connectivity index (χ1v) is 10.8. The van der Waals surface area contributed by atoms with Crippen molar-refractivity contribution in [2.75, 3.05) is 7.11 Å². The largest absolute Gasteiger partial charge is 0.495 e. The van der Waals surface area contributed by atoms with Gasteiger partial charge in [0.1, 0.15) is 5.75 Å². The fraction of sp³-hybridized carbons (Fsp3) is 0.227. The number of aryl methyl sites for hydroxylation is 2. The van der Waals surface area contributed by atoms with Crippen LogP contribution in [-0.4, -0.2) is 25.1 Å². The molecule has 7 heteroatoms. The predicted molar refractivity (Wildman–Crippen MR) is 116 cm³/mol. The number of nitrogens with one attached hydrogen (secondary N) is 1. The van der Waals surface area contributed by atoms with E-state index in [9.17, 15) is 8.42 Å². The van der Waals surface area contributed by atoms with Gasteiger partial charge in [-0.15, -0.1) is 0 Å². The van der Waals surface area contributed by atoms with Gasteiger partial charge in [0.05, 0.1) is 24.8 Å². The summed E-state index contributed by atoms with van der Waals surface area (Å²) in [4.78, 5) is 4.22. The molecule has 0 radical (unpaired) electrons. The Bertz CT molecular complexity index is 1120. The summed E-state index contributed by atoms with van der Waals surface area (Å²) >= 11 is 0. The zero-order valence-corrected chi connectivity index (χ0v) is 17.8. The highest BCUT2D eigenvalue weighted by atomic mass is 32.2. The van der Waals surface area contributed by atoms with Crippen LogP contribution in [0.1, 0.15) is 35.3 Å². The van der Waals surface area contributed by atoms with Crippen LogP contribution >= 0.6 is 0 Å². The second-order valence-corrected chi connectivity index (χ2v) is 8.55. The Labute approximate surface area is 171 Å². The summed E-state index contributed by atoms with van der Waals surface area (Å²) in [6.45, 7) is 5.73. The summed E-state index contributed by atoms with van der Waals surface area (Å²) in [5.74, 6) is 0.628. The lowest BCUT2D eigenvalue weighted by atomic mass is 10.1. The van der Waals surface area contributed by atoms with Gasteiger partial charge in [0.25, 0.3) is 0 Å². The molecule has 0 saturated heterocycles. The molecule has 1 atom stereocenters. The van der Waals surface area contributed by atoms with Crippen molar-refractivity contribution in [3.05, 3.63) is 82.8 Å². The molecule has 0 aliphatic rings. The molecule has 152 valence electrons. The van der Waals surface area contributed by atoms with Crippen molar-refractivity contribution < 1.29 is 13.2 Å². The summed E-state index contributed by atoms with van der Waals surface area (Å²) in [5.41, 5.74) is 4.49. The van der Waals surface area contributed by atoms with Crippen LogP contribution in [0.25, 0.3) is 11.8 Å². The number of methoxy groups -OCH3 is 1. The van der Waals surface area contributed by atoms with Gasteiger partial charge >= 0.3 is 0 Å². The number of ether oxygens (including phenoxy) is 1. The highest BCUT2D eigenvalue weighted by Gasteiger charge is 2.13. The van der Waals surface area contributed by atoms with Crippen molar-refractivity contribution >= 4 is 16.1 Å². The van der Waals surface area contributed by atoms with E-state index in [0.29, 0.717) is 5.75 Å². The van der Waals surface area contributed by atoms with Gasteiger partial charge in [-0.05, 0) is 50.1 Å². The highest BCUT2D eigenvalue weighted by Crippen LogP contribution is 2.25. The number of hydrogen-bond acceptors (Lipinski definition) is 4. The van der Waals surface area contributed by atoms with Gasteiger partial charge in [-0.25, -0.2) is 18.1 Å². The number of aromatic nitrogens is 2. The topological polar surface area (TPSA) is 73.2 Å². The molecule has 0 aliphatic carbocycles. The quantitative estimate of drug-likeness (QED) is 0.634. The maximum Gasteiger partial charge on any atom is 0.234 e. The second kappa shape index (κ2) is 8.63. The van der Waals surface area contributed by atoms with Gasteiger partial charge < -0.3 is 9.30 Å². The standard InChI is InChI=1S/C22H25N3O3S/c1-16-5-8-20(9-6-16)18(3)24-29(26,27)12-11-19-7-10-21(22(13-19)28-4)25-14-17(2)23-15-25/h5-15,18,24H,1-4H3/b12-11+/t18-/m1/s1. The van der Waals surface area contributed by atoms with Crippen molar-refractivity contribution in [1.29, 1.82) is 0 Å². The van der Waals surface area contributed by atoms with Crippen LogP contribution in [0.2, 0.25) is 0 Å². The van der Waals surface area contributed by atoms with Crippen molar-refractivity contribution in [2.45, 2.75) is 26.8 Å². The Balaban J connectivity index is 1.76. The van der Waals surface area contributed by atoms with E-state index in [1.165, 1.54) is 5.41 Å². The minimum Gasteiger partial charge on any atom is -0.495 e. The molecule has 1 heterocycles. The average molecular weight is 412 g/mol. The summed E-state index contributed by atoms with van der Waals surface area (Å²) in [5, 5.41) is 1.17. The highest BCUT2D eigenvalue weighted by molar-refractivity contribution is 7.92. The van der Waals surface area contributed by atoms with Crippen LogP contribution in [0, 0.1) is 13.8 Å². The molecule has 1 N–H and O–H groups in total. The smallest absolute Gasteiger partial charge is 0.234 e. The number of nitrogens with zero attached hydrogens (tertiary/aromatic N) is 2. The maximum absolute atomic E-state index is 12.5. The van der Waals surface area contributed by atoms with E-state index in [0.717, 1.165) is 28.1 Å². The first-order chi connectivity index (χ1) is 13.8. The second-order valence-electron chi connectivity index (χ2n) is 6.95. The van der Waals surface area contributed by atoms with Crippen LogP contribution in [0.15, 0.2) is 60.4 Å². The monoisotopic (exact) mass is 411 g/mol. The third-order valence-corrected chi connectivity index (χ3v) is 5.73. The van der Waals surface area contributed by atoms with E-state index in [1.807, 2.05) is 67.9 Å². The summed E-state index contributed by atoms with van der Waals surface area (Å²) in [7, 11) is -2.02.